The van der Waals surface area contributed by atoms with E-state index in [0.717, 1.165) is 78.4 Å². The lowest BCUT2D eigenvalue weighted by atomic mass is 9.92. The Bertz CT molecular complexity index is 2840. The maximum Gasteiger partial charge on any atom is 0.136 e. The SMILES string of the molecule is C1=C(c2ccccc2)N=C(c2ccccc2)NC1c1cc(-c2ccc(N(c3ccccc3)c3ccc(-c4ccccc4)cc3)cc2)cc2oc3ccccc3c12. The molecule has 0 saturated carbocycles. The summed E-state index contributed by atoms with van der Waals surface area (Å²) in [5.74, 6) is 0.838. The van der Waals surface area contributed by atoms with E-state index >= 15 is 0 Å². The van der Waals surface area contributed by atoms with Crippen molar-refractivity contribution in [3.05, 3.63) is 229 Å². The first-order valence-electron chi connectivity index (χ1n) is 19.0. The highest BCUT2D eigenvalue weighted by Crippen LogP contribution is 2.41. The van der Waals surface area contributed by atoms with Gasteiger partial charge in [0.25, 0.3) is 0 Å². The van der Waals surface area contributed by atoms with Crippen LogP contribution in [-0.2, 0) is 0 Å². The molecule has 10 rings (SSSR count). The lowest BCUT2D eigenvalue weighted by Crippen LogP contribution is -2.31. The molecule has 0 fully saturated rings. The molecule has 0 radical (unpaired) electrons. The Morgan fingerprint density at radius 2 is 0.929 bits per heavy atom. The Kier molecular flexibility index (Phi) is 8.54. The third-order valence-corrected chi connectivity index (χ3v) is 10.5. The molecule has 8 aromatic carbocycles. The van der Waals surface area contributed by atoms with Gasteiger partial charge in [-0.25, -0.2) is 4.99 Å². The van der Waals surface area contributed by atoms with Gasteiger partial charge >= 0.3 is 0 Å². The molecule has 0 spiro atoms. The predicted octanol–water partition coefficient (Wildman–Crippen LogP) is 13.5. The number of nitrogens with one attached hydrogen (secondary N) is 1. The van der Waals surface area contributed by atoms with Gasteiger partial charge in [-0.2, -0.15) is 0 Å². The fourth-order valence-electron chi connectivity index (χ4n) is 7.78. The summed E-state index contributed by atoms with van der Waals surface area (Å²) in [4.78, 5) is 7.45. The number of amidine groups is 1. The van der Waals surface area contributed by atoms with Gasteiger partial charge in [0.1, 0.15) is 17.0 Å². The molecular weight excluding hydrogens is 683 g/mol. The second-order valence-corrected chi connectivity index (χ2v) is 14.0. The standard InChI is InChI=1S/C52H37N3O/c1-5-15-36(16-6-1)37-25-29-43(30-26-37)55(42-21-11-4-12-22-42)44-31-27-38(28-32-44)41-33-46(51-45-23-13-14-24-49(45)56-50(51)34-41)48-35-47(39-17-7-2-8-18-39)53-52(54-48)40-19-9-3-10-20-40/h1-35,48H,(H,53,54). The molecule has 266 valence electrons. The van der Waals surface area contributed by atoms with E-state index < -0.39 is 0 Å². The maximum atomic E-state index is 6.60. The van der Waals surface area contributed by atoms with Crippen LogP contribution in [0.25, 0.3) is 49.9 Å². The molecule has 1 atom stereocenters. The van der Waals surface area contributed by atoms with Crippen molar-refractivity contribution < 1.29 is 4.42 Å². The molecule has 0 aliphatic carbocycles. The normalized spacial score (nSPS) is 13.9. The molecule has 4 nitrogen and oxygen atoms in total. The van der Waals surface area contributed by atoms with Crippen LogP contribution in [0.5, 0.6) is 0 Å². The topological polar surface area (TPSA) is 40.8 Å². The zero-order chi connectivity index (χ0) is 37.3. The van der Waals surface area contributed by atoms with Gasteiger partial charge in [-0.3, -0.25) is 0 Å². The third kappa shape index (κ3) is 6.33. The minimum Gasteiger partial charge on any atom is -0.456 e. The van der Waals surface area contributed by atoms with Gasteiger partial charge in [-0.1, -0.05) is 152 Å². The monoisotopic (exact) mass is 719 g/mol. The first kappa shape index (κ1) is 33.2. The number of anilines is 3. The van der Waals surface area contributed by atoms with Gasteiger partial charge < -0.3 is 14.6 Å². The molecule has 1 unspecified atom stereocenters. The quantitative estimate of drug-likeness (QED) is 0.170. The number of aliphatic imine (C=N–C) groups is 1. The van der Waals surface area contributed by atoms with Gasteiger partial charge in [0.05, 0.1) is 11.7 Å². The highest BCUT2D eigenvalue weighted by Gasteiger charge is 2.25. The molecule has 56 heavy (non-hydrogen) atoms. The van der Waals surface area contributed by atoms with Crippen LogP contribution in [0.1, 0.15) is 22.7 Å². The number of para-hydroxylation sites is 2. The summed E-state index contributed by atoms with van der Waals surface area (Å²) >= 11 is 0. The lowest BCUT2D eigenvalue weighted by Gasteiger charge is -2.26. The molecule has 1 N–H and O–H groups in total. The molecule has 0 amide bonds. The average Bonchev–Trinajstić information content (AvgIpc) is 3.66. The van der Waals surface area contributed by atoms with Crippen molar-refractivity contribution in [1.29, 1.82) is 0 Å². The molecule has 1 aliphatic rings. The van der Waals surface area contributed by atoms with E-state index in [4.69, 9.17) is 9.41 Å². The zero-order valence-electron chi connectivity index (χ0n) is 30.6. The number of hydrogen-bond donors (Lipinski definition) is 1. The number of nitrogens with zero attached hydrogens (tertiary/aromatic N) is 2. The third-order valence-electron chi connectivity index (χ3n) is 10.5. The molecule has 1 aromatic heterocycles. The summed E-state index contributed by atoms with van der Waals surface area (Å²) in [6, 6.07) is 72.1. The van der Waals surface area contributed by atoms with Crippen molar-refractivity contribution in [3.63, 3.8) is 0 Å². The van der Waals surface area contributed by atoms with E-state index in [1.165, 1.54) is 11.1 Å². The van der Waals surface area contributed by atoms with Crippen LogP contribution in [-0.4, -0.2) is 5.84 Å². The van der Waals surface area contributed by atoms with Gasteiger partial charge in [-0.05, 0) is 94.1 Å². The minimum atomic E-state index is -0.173. The summed E-state index contributed by atoms with van der Waals surface area (Å²) < 4.78 is 6.60. The van der Waals surface area contributed by atoms with E-state index in [-0.39, 0.29) is 6.04 Å². The molecule has 0 saturated heterocycles. The highest BCUT2D eigenvalue weighted by molar-refractivity contribution is 6.09. The van der Waals surface area contributed by atoms with E-state index in [9.17, 15) is 0 Å². The van der Waals surface area contributed by atoms with Crippen LogP contribution >= 0.6 is 0 Å². The van der Waals surface area contributed by atoms with Crippen LogP contribution in [0, 0.1) is 0 Å². The fourth-order valence-corrected chi connectivity index (χ4v) is 7.78. The second-order valence-electron chi connectivity index (χ2n) is 14.0. The molecule has 4 heteroatoms. The van der Waals surface area contributed by atoms with Crippen molar-refractivity contribution in [2.75, 3.05) is 4.90 Å². The van der Waals surface area contributed by atoms with Crippen molar-refractivity contribution >= 4 is 50.5 Å². The first-order chi connectivity index (χ1) is 27.7. The Labute approximate surface area is 326 Å². The van der Waals surface area contributed by atoms with Crippen molar-refractivity contribution in [2.24, 2.45) is 4.99 Å². The smallest absolute Gasteiger partial charge is 0.136 e. The number of rotatable bonds is 8. The summed E-state index contributed by atoms with van der Waals surface area (Å²) in [5, 5.41) is 6.01. The number of fused-ring (bicyclic) bond motifs is 3. The fraction of sp³-hybridized carbons (Fsp3) is 0.0192. The van der Waals surface area contributed by atoms with Gasteiger partial charge in [0, 0.05) is 33.4 Å². The minimum absolute atomic E-state index is 0.173. The van der Waals surface area contributed by atoms with Crippen LogP contribution < -0.4 is 10.2 Å². The Balaban J connectivity index is 1.07. The van der Waals surface area contributed by atoms with Crippen molar-refractivity contribution in [1.82, 2.24) is 5.32 Å². The first-order valence-corrected chi connectivity index (χ1v) is 19.0. The second kappa shape index (κ2) is 14.4. The number of furan rings is 1. The Hall–Kier alpha value is -7.43. The van der Waals surface area contributed by atoms with E-state index in [2.05, 4.69) is 204 Å². The van der Waals surface area contributed by atoms with Crippen LogP contribution in [0.15, 0.2) is 222 Å². The summed E-state index contributed by atoms with van der Waals surface area (Å²) in [6.45, 7) is 0. The largest absolute Gasteiger partial charge is 0.456 e. The summed E-state index contributed by atoms with van der Waals surface area (Å²) in [5.41, 5.74) is 13.7. The van der Waals surface area contributed by atoms with E-state index in [1.54, 1.807) is 0 Å². The molecule has 1 aliphatic heterocycles. The predicted molar refractivity (Wildman–Crippen MR) is 233 cm³/mol. The highest BCUT2D eigenvalue weighted by atomic mass is 16.3. The number of benzene rings is 8. The Morgan fingerprint density at radius 3 is 1.57 bits per heavy atom. The van der Waals surface area contributed by atoms with Gasteiger partial charge in [-0.15, -0.1) is 0 Å². The maximum absolute atomic E-state index is 6.60. The number of hydrogen-bond acceptors (Lipinski definition) is 4. The molecule has 0 bridgehead atoms. The van der Waals surface area contributed by atoms with Gasteiger partial charge in [0.15, 0.2) is 0 Å². The molecule has 2 heterocycles. The Morgan fingerprint density at radius 1 is 0.429 bits per heavy atom. The molecular formula is C52H37N3O. The summed E-state index contributed by atoms with van der Waals surface area (Å²) in [6.07, 6.45) is 2.24. The lowest BCUT2D eigenvalue weighted by molar-refractivity contribution is 0.668. The van der Waals surface area contributed by atoms with Crippen LogP contribution in [0.2, 0.25) is 0 Å². The average molecular weight is 720 g/mol. The van der Waals surface area contributed by atoms with E-state index in [1.807, 2.05) is 18.2 Å². The van der Waals surface area contributed by atoms with Crippen LogP contribution in [0.3, 0.4) is 0 Å². The summed E-state index contributed by atoms with van der Waals surface area (Å²) in [7, 11) is 0. The van der Waals surface area contributed by atoms with Crippen molar-refractivity contribution in [2.45, 2.75) is 6.04 Å². The zero-order valence-corrected chi connectivity index (χ0v) is 30.6. The van der Waals surface area contributed by atoms with Crippen molar-refractivity contribution in [3.8, 4) is 22.3 Å². The van der Waals surface area contributed by atoms with E-state index in [0.29, 0.717) is 0 Å². The molecule has 9 aromatic rings. The van der Waals surface area contributed by atoms with Gasteiger partial charge in [0.2, 0.25) is 0 Å². The van der Waals surface area contributed by atoms with Crippen LogP contribution in [0.4, 0.5) is 17.1 Å².